The summed E-state index contributed by atoms with van der Waals surface area (Å²) >= 11 is 1.53. The standard InChI is InChI=1S/C19H22N2O3S/c1-12-4-3-5-14(6-12)18-20-16(11-25-18)8-17(22)21-9-13(2)7-15(10-21)19(23)24/h3-6,11,13,15H,7-10H2,1-2H3,(H,23,24). The topological polar surface area (TPSA) is 70.5 Å². The molecule has 1 aromatic carbocycles. The number of carbonyl (C=O) groups excluding carboxylic acids is 1. The first-order chi connectivity index (χ1) is 11.9. The Kier molecular flexibility index (Phi) is 5.18. The van der Waals surface area contributed by atoms with Crippen LogP contribution in [0.4, 0.5) is 0 Å². The number of nitrogens with zero attached hydrogens (tertiary/aromatic N) is 2. The number of aromatic nitrogens is 1. The van der Waals surface area contributed by atoms with Crippen molar-refractivity contribution in [1.82, 2.24) is 9.88 Å². The lowest BCUT2D eigenvalue weighted by atomic mass is 9.90. The Labute approximate surface area is 151 Å². The van der Waals surface area contributed by atoms with Gasteiger partial charge in [0.15, 0.2) is 0 Å². The van der Waals surface area contributed by atoms with E-state index >= 15 is 0 Å². The zero-order chi connectivity index (χ0) is 18.0. The van der Waals surface area contributed by atoms with Crippen molar-refractivity contribution in [3.05, 3.63) is 40.9 Å². The van der Waals surface area contributed by atoms with Crippen LogP contribution in [0.3, 0.4) is 0 Å². The summed E-state index contributed by atoms with van der Waals surface area (Å²) in [7, 11) is 0. The van der Waals surface area contributed by atoms with Gasteiger partial charge in [0.25, 0.3) is 0 Å². The highest BCUT2D eigenvalue weighted by Gasteiger charge is 2.31. The van der Waals surface area contributed by atoms with Crippen molar-refractivity contribution < 1.29 is 14.7 Å². The van der Waals surface area contributed by atoms with E-state index in [9.17, 15) is 14.7 Å². The summed E-state index contributed by atoms with van der Waals surface area (Å²) in [5.74, 6) is -1.12. The molecule has 1 aliphatic heterocycles. The molecule has 132 valence electrons. The molecule has 6 heteroatoms. The van der Waals surface area contributed by atoms with Gasteiger partial charge in [0.05, 0.1) is 18.0 Å². The van der Waals surface area contributed by atoms with Gasteiger partial charge in [-0.05, 0) is 25.3 Å². The molecule has 3 rings (SSSR count). The molecule has 0 saturated carbocycles. The normalized spacial score (nSPS) is 20.5. The van der Waals surface area contributed by atoms with Crippen LogP contribution in [0.25, 0.3) is 10.6 Å². The number of thiazole rings is 1. The van der Waals surface area contributed by atoms with E-state index in [0.717, 1.165) is 16.3 Å². The zero-order valence-electron chi connectivity index (χ0n) is 14.4. The molecule has 1 N–H and O–H groups in total. The third kappa shape index (κ3) is 4.25. The number of likely N-dealkylation sites (tertiary alicyclic amines) is 1. The lowest BCUT2D eigenvalue weighted by Crippen LogP contribution is -2.46. The number of hydrogen-bond donors (Lipinski definition) is 1. The van der Waals surface area contributed by atoms with Gasteiger partial charge in [0, 0.05) is 24.0 Å². The molecule has 0 aliphatic carbocycles. The highest BCUT2D eigenvalue weighted by molar-refractivity contribution is 7.13. The molecule has 1 saturated heterocycles. The van der Waals surface area contributed by atoms with Crippen LogP contribution in [0.5, 0.6) is 0 Å². The van der Waals surface area contributed by atoms with Crippen LogP contribution in [0.1, 0.15) is 24.6 Å². The minimum atomic E-state index is -0.820. The van der Waals surface area contributed by atoms with Gasteiger partial charge in [0.2, 0.25) is 5.91 Å². The maximum absolute atomic E-state index is 12.6. The quantitative estimate of drug-likeness (QED) is 0.911. The fraction of sp³-hybridized carbons (Fsp3) is 0.421. The molecule has 25 heavy (non-hydrogen) atoms. The van der Waals surface area contributed by atoms with Crippen molar-refractivity contribution in [2.45, 2.75) is 26.7 Å². The van der Waals surface area contributed by atoms with Gasteiger partial charge in [-0.3, -0.25) is 9.59 Å². The first kappa shape index (κ1) is 17.6. The number of carboxylic acids is 1. The summed E-state index contributed by atoms with van der Waals surface area (Å²) in [6, 6.07) is 8.13. The second kappa shape index (κ2) is 7.35. The van der Waals surface area contributed by atoms with E-state index in [0.29, 0.717) is 19.5 Å². The average Bonchev–Trinajstić information content (AvgIpc) is 3.02. The third-order valence-corrected chi connectivity index (χ3v) is 5.45. The molecule has 2 unspecified atom stereocenters. The van der Waals surface area contributed by atoms with Crippen molar-refractivity contribution >= 4 is 23.2 Å². The van der Waals surface area contributed by atoms with E-state index in [2.05, 4.69) is 11.1 Å². The van der Waals surface area contributed by atoms with Crippen LogP contribution < -0.4 is 0 Å². The van der Waals surface area contributed by atoms with Gasteiger partial charge in [-0.1, -0.05) is 30.7 Å². The van der Waals surface area contributed by atoms with E-state index in [1.807, 2.05) is 37.4 Å². The average molecular weight is 358 g/mol. The molecule has 0 radical (unpaired) electrons. The Bertz CT molecular complexity index is 786. The number of rotatable bonds is 4. The second-order valence-electron chi connectivity index (χ2n) is 6.87. The van der Waals surface area contributed by atoms with Crippen LogP contribution in [-0.4, -0.2) is 40.0 Å². The lowest BCUT2D eigenvalue weighted by molar-refractivity contribution is -0.146. The smallest absolute Gasteiger partial charge is 0.308 e. The minimum absolute atomic E-state index is 0.0427. The van der Waals surface area contributed by atoms with Crippen molar-refractivity contribution in [1.29, 1.82) is 0 Å². The number of hydrogen-bond acceptors (Lipinski definition) is 4. The monoisotopic (exact) mass is 358 g/mol. The molecule has 2 heterocycles. The molecule has 5 nitrogen and oxygen atoms in total. The number of aliphatic carboxylic acids is 1. The Hall–Kier alpha value is -2.21. The van der Waals surface area contributed by atoms with E-state index < -0.39 is 11.9 Å². The number of amides is 1. The Morgan fingerprint density at radius 3 is 2.88 bits per heavy atom. The zero-order valence-corrected chi connectivity index (χ0v) is 15.3. The maximum atomic E-state index is 12.6. The summed E-state index contributed by atoms with van der Waals surface area (Å²) in [5.41, 5.74) is 2.98. The molecule has 2 aromatic rings. The van der Waals surface area contributed by atoms with E-state index in [4.69, 9.17) is 0 Å². The maximum Gasteiger partial charge on any atom is 0.308 e. The van der Waals surface area contributed by atoms with Crippen molar-refractivity contribution in [2.24, 2.45) is 11.8 Å². The molecule has 1 fully saturated rings. The van der Waals surface area contributed by atoms with Crippen LogP contribution in [0.2, 0.25) is 0 Å². The van der Waals surface area contributed by atoms with E-state index in [1.165, 1.54) is 16.9 Å². The number of benzene rings is 1. The van der Waals surface area contributed by atoms with E-state index in [1.54, 1.807) is 4.90 Å². The fourth-order valence-electron chi connectivity index (χ4n) is 3.30. The van der Waals surface area contributed by atoms with Crippen LogP contribution in [-0.2, 0) is 16.0 Å². The van der Waals surface area contributed by atoms with Gasteiger partial charge in [0.1, 0.15) is 5.01 Å². The molecule has 1 aliphatic rings. The van der Waals surface area contributed by atoms with Gasteiger partial charge in [-0.25, -0.2) is 4.98 Å². The summed E-state index contributed by atoms with van der Waals surface area (Å²) in [5, 5.41) is 12.1. The molecule has 1 amide bonds. The predicted octanol–water partition coefficient (Wildman–Crippen LogP) is 3.23. The number of piperidine rings is 1. The van der Waals surface area contributed by atoms with Crippen LogP contribution >= 0.6 is 11.3 Å². The molecule has 0 bridgehead atoms. The van der Waals surface area contributed by atoms with Gasteiger partial charge >= 0.3 is 5.97 Å². The number of carbonyl (C=O) groups is 2. The first-order valence-corrected chi connectivity index (χ1v) is 9.32. The minimum Gasteiger partial charge on any atom is -0.481 e. The highest BCUT2D eigenvalue weighted by atomic mass is 32.1. The number of aryl methyl sites for hydroxylation is 1. The van der Waals surface area contributed by atoms with Crippen molar-refractivity contribution in [3.63, 3.8) is 0 Å². The van der Waals surface area contributed by atoms with Crippen molar-refractivity contribution in [3.8, 4) is 10.6 Å². The fourth-order valence-corrected chi connectivity index (χ4v) is 4.12. The third-order valence-electron chi connectivity index (χ3n) is 4.51. The summed E-state index contributed by atoms with van der Waals surface area (Å²) in [4.78, 5) is 30.1. The van der Waals surface area contributed by atoms with Gasteiger partial charge < -0.3 is 10.0 Å². The predicted molar refractivity (Wildman–Crippen MR) is 97.5 cm³/mol. The second-order valence-corrected chi connectivity index (χ2v) is 7.72. The van der Waals surface area contributed by atoms with Gasteiger partial charge in [-0.2, -0.15) is 0 Å². The van der Waals surface area contributed by atoms with Gasteiger partial charge in [-0.15, -0.1) is 11.3 Å². The lowest BCUT2D eigenvalue weighted by Gasteiger charge is -2.34. The number of carboxylic acid groups (broad SMARTS) is 1. The van der Waals surface area contributed by atoms with Crippen LogP contribution in [0.15, 0.2) is 29.6 Å². The van der Waals surface area contributed by atoms with Crippen molar-refractivity contribution in [2.75, 3.05) is 13.1 Å². The molecular formula is C19H22N2O3S. The summed E-state index contributed by atoms with van der Waals surface area (Å²) in [6.45, 7) is 4.96. The SMILES string of the molecule is Cc1cccc(-c2nc(CC(=O)N3CC(C)CC(C(=O)O)C3)cs2)c1. The largest absolute Gasteiger partial charge is 0.481 e. The van der Waals surface area contributed by atoms with Crippen LogP contribution in [0, 0.1) is 18.8 Å². The highest BCUT2D eigenvalue weighted by Crippen LogP contribution is 2.26. The molecule has 0 spiro atoms. The molecule has 2 atom stereocenters. The summed E-state index contributed by atoms with van der Waals surface area (Å²) in [6.07, 6.45) is 0.856. The van der Waals surface area contributed by atoms with E-state index in [-0.39, 0.29) is 18.2 Å². The summed E-state index contributed by atoms with van der Waals surface area (Å²) < 4.78 is 0. The Morgan fingerprint density at radius 2 is 2.16 bits per heavy atom. The molecular weight excluding hydrogens is 336 g/mol. The first-order valence-electron chi connectivity index (χ1n) is 8.44. The Balaban J connectivity index is 1.68. The Morgan fingerprint density at radius 1 is 1.36 bits per heavy atom. The molecule has 1 aromatic heterocycles.